The standard InChI is InChI=1S/C26H24N2O5/c1-32-15-14-28-23(20-8-5-13-27-16-20)22(25(30)26(28)31)24(29)19-9-11-21(12-10-19)33-17-18-6-3-2-4-7-18/h2-13,16,23,29H,14-15,17H2,1H3/b24-22+/t23-/m0/s1. The summed E-state index contributed by atoms with van der Waals surface area (Å²) < 4.78 is 10.9. The average molecular weight is 444 g/mol. The smallest absolute Gasteiger partial charge is 0.295 e. The number of nitrogens with zero attached hydrogens (tertiary/aromatic N) is 2. The molecule has 2 aromatic carbocycles. The van der Waals surface area contributed by atoms with Gasteiger partial charge in [0, 0.05) is 31.6 Å². The number of Topliss-reactive ketones (excluding diaryl/α,β-unsaturated/α-hetero) is 1. The van der Waals surface area contributed by atoms with Crippen LogP contribution >= 0.6 is 0 Å². The minimum Gasteiger partial charge on any atom is -0.507 e. The van der Waals surface area contributed by atoms with E-state index in [-0.39, 0.29) is 24.5 Å². The lowest BCUT2D eigenvalue weighted by atomic mass is 9.96. The van der Waals surface area contributed by atoms with Crippen molar-refractivity contribution in [2.24, 2.45) is 0 Å². The number of pyridine rings is 1. The summed E-state index contributed by atoms with van der Waals surface area (Å²) in [5.74, 6) is -1.02. The second-order valence-corrected chi connectivity index (χ2v) is 7.57. The van der Waals surface area contributed by atoms with Gasteiger partial charge in [0.25, 0.3) is 11.7 Å². The number of amides is 1. The molecule has 7 heteroatoms. The van der Waals surface area contributed by atoms with Gasteiger partial charge in [-0.15, -0.1) is 0 Å². The molecule has 0 radical (unpaired) electrons. The summed E-state index contributed by atoms with van der Waals surface area (Å²) in [4.78, 5) is 31.2. The Labute approximate surface area is 191 Å². The van der Waals surface area contributed by atoms with Crippen LogP contribution in [0.5, 0.6) is 5.75 Å². The molecule has 0 bridgehead atoms. The van der Waals surface area contributed by atoms with Gasteiger partial charge < -0.3 is 19.5 Å². The van der Waals surface area contributed by atoms with Crippen LogP contribution in [0, 0.1) is 0 Å². The quantitative estimate of drug-likeness (QED) is 0.324. The van der Waals surface area contributed by atoms with Crippen molar-refractivity contribution in [2.75, 3.05) is 20.3 Å². The second-order valence-electron chi connectivity index (χ2n) is 7.57. The van der Waals surface area contributed by atoms with Gasteiger partial charge >= 0.3 is 0 Å². The van der Waals surface area contributed by atoms with Crippen LogP contribution in [-0.4, -0.2) is 46.9 Å². The fraction of sp³-hybridized carbons (Fsp3) is 0.192. The predicted molar refractivity (Wildman–Crippen MR) is 122 cm³/mol. The molecular weight excluding hydrogens is 420 g/mol. The Bertz CT molecular complexity index is 1140. The number of aliphatic hydroxyl groups excluding tert-OH is 1. The van der Waals surface area contributed by atoms with Gasteiger partial charge in [0.2, 0.25) is 0 Å². The lowest BCUT2D eigenvalue weighted by molar-refractivity contribution is -0.140. The van der Waals surface area contributed by atoms with E-state index < -0.39 is 17.7 Å². The number of hydrogen-bond acceptors (Lipinski definition) is 6. The zero-order valence-corrected chi connectivity index (χ0v) is 18.2. The predicted octanol–water partition coefficient (Wildman–Crippen LogP) is 3.73. The first kappa shape index (κ1) is 22.2. The number of likely N-dealkylation sites (tertiary alicyclic amines) is 1. The van der Waals surface area contributed by atoms with Crippen LogP contribution in [0.1, 0.15) is 22.7 Å². The molecule has 0 spiro atoms. The van der Waals surface area contributed by atoms with Crippen LogP contribution in [-0.2, 0) is 20.9 Å². The Balaban J connectivity index is 1.63. The number of ether oxygens (including phenoxy) is 2. The van der Waals surface area contributed by atoms with E-state index in [1.807, 2.05) is 30.3 Å². The van der Waals surface area contributed by atoms with E-state index in [1.54, 1.807) is 48.8 Å². The molecule has 168 valence electrons. The highest BCUT2D eigenvalue weighted by atomic mass is 16.5. The SMILES string of the molecule is COCCN1C(=O)C(=O)/C(=C(/O)c2ccc(OCc3ccccc3)cc2)[C@@H]1c1cccnc1. The minimum absolute atomic E-state index is 0.0297. The van der Waals surface area contributed by atoms with E-state index in [0.29, 0.717) is 23.5 Å². The highest BCUT2D eigenvalue weighted by Crippen LogP contribution is 2.39. The first-order valence-electron chi connectivity index (χ1n) is 10.5. The number of methoxy groups -OCH3 is 1. The Kier molecular flexibility index (Phi) is 6.80. The molecule has 0 saturated carbocycles. The molecule has 1 atom stereocenters. The first-order chi connectivity index (χ1) is 16.1. The maximum atomic E-state index is 12.9. The molecule has 1 aliphatic rings. The van der Waals surface area contributed by atoms with Gasteiger partial charge in [0.1, 0.15) is 18.1 Å². The molecule has 2 heterocycles. The molecule has 33 heavy (non-hydrogen) atoms. The number of carbonyl (C=O) groups excluding carboxylic acids is 2. The first-order valence-corrected chi connectivity index (χ1v) is 10.5. The molecule has 1 N–H and O–H groups in total. The van der Waals surface area contributed by atoms with Crippen LogP contribution in [0.4, 0.5) is 0 Å². The number of ketones is 1. The summed E-state index contributed by atoms with van der Waals surface area (Å²) >= 11 is 0. The third-order valence-corrected chi connectivity index (χ3v) is 5.45. The zero-order valence-electron chi connectivity index (χ0n) is 18.2. The summed E-state index contributed by atoms with van der Waals surface area (Å²) in [5, 5.41) is 11.1. The summed E-state index contributed by atoms with van der Waals surface area (Å²) in [6, 6.07) is 19.3. The summed E-state index contributed by atoms with van der Waals surface area (Å²) in [6.07, 6.45) is 3.20. The van der Waals surface area contributed by atoms with Crippen molar-refractivity contribution in [2.45, 2.75) is 12.6 Å². The number of hydrogen-bond donors (Lipinski definition) is 1. The molecule has 0 unspecified atom stereocenters. The van der Waals surface area contributed by atoms with Gasteiger partial charge in [-0.25, -0.2) is 0 Å². The minimum atomic E-state index is -0.747. The van der Waals surface area contributed by atoms with E-state index in [2.05, 4.69) is 4.98 Å². The lowest BCUT2D eigenvalue weighted by Crippen LogP contribution is -2.32. The van der Waals surface area contributed by atoms with E-state index in [1.165, 1.54) is 12.0 Å². The molecule has 1 aromatic heterocycles. The monoisotopic (exact) mass is 444 g/mol. The third-order valence-electron chi connectivity index (χ3n) is 5.45. The molecule has 1 aliphatic heterocycles. The summed E-state index contributed by atoms with van der Waals surface area (Å²) in [7, 11) is 1.52. The molecule has 7 nitrogen and oxygen atoms in total. The summed E-state index contributed by atoms with van der Waals surface area (Å²) in [6.45, 7) is 0.888. The molecule has 4 rings (SSSR count). The molecular formula is C26H24N2O5. The Hall–Kier alpha value is -3.97. The fourth-order valence-electron chi connectivity index (χ4n) is 3.79. The fourth-order valence-corrected chi connectivity index (χ4v) is 3.79. The van der Waals surface area contributed by atoms with E-state index in [9.17, 15) is 14.7 Å². The van der Waals surface area contributed by atoms with Crippen molar-refractivity contribution < 1.29 is 24.2 Å². The van der Waals surface area contributed by atoms with Gasteiger partial charge in [-0.05, 0) is 41.5 Å². The van der Waals surface area contributed by atoms with Crippen molar-refractivity contribution in [3.05, 3.63) is 101 Å². The number of benzene rings is 2. The van der Waals surface area contributed by atoms with E-state index in [4.69, 9.17) is 9.47 Å². The number of aromatic nitrogens is 1. The maximum absolute atomic E-state index is 12.9. The van der Waals surface area contributed by atoms with Crippen LogP contribution < -0.4 is 4.74 Å². The number of carbonyl (C=O) groups is 2. The van der Waals surface area contributed by atoms with Gasteiger partial charge in [-0.1, -0.05) is 36.4 Å². The van der Waals surface area contributed by atoms with Gasteiger partial charge in [0.05, 0.1) is 18.2 Å². The molecule has 1 saturated heterocycles. The van der Waals surface area contributed by atoms with Gasteiger partial charge in [0.15, 0.2) is 0 Å². The van der Waals surface area contributed by atoms with Crippen molar-refractivity contribution in [3.8, 4) is 5.75 Å². The normalized spacial score (nSPS) is 17.4. The van der Waals surface area contributed by atoms with Gasteiger partial charge in [-0.2, -0.15) is 0 Å². The van der Waals surface area contributed by atoms with E-state index >= 15 is 0 Å². The van der Waals surface area contributed by atoms with Crippen LogP contribution in [0.2, 0.25) is 0 Å². The highest BCUT2D eigenvalue weighted by Gasteiger charge is 2.45. The second kappa shape index (κ2) is 10.1. The maximum Gasteiger partial charge on any atom is 0.295 e. The van der Waals surface area contributed by atoms with Crippen LogP contribution in [0.15, 0.2) is 84.7 Å². The van der Waals surface area contributed by atoms with Crippen molar-refractivity contribution in [1.82, 2.24) is 9.88 Å². The average Bonchev–Trinajstić information content (AvgIpc) is 3.12. The molecule has 1 amide bonds. The van der Waals surface area contributed by atoms with Crippen LogP contribution in [0.3, 0.4) is 0 Å². The van der Waals surface area contributed by atoms with Crippen molar-refractivity contribution in [3.63, 3.8) is 0 Å². The molecule has 3 aromatic rings. The largest absolute Gasteiger partial charge is 0.507 e. The molecule has 1 fully saturated rings. The Morgan fingerprint density at radius 1 is 1.03 bits per heavy atom. The highest BCUT2D eigenvalue weighted by molar-refractivity contribution is 6.46. The number of aliphatic hydroxyl groups is 1. The summed E-state index contributed by atoms with van der Waals surface area (Å²) in [5.41, 5.74) is 2.12. The van der Waals surface area contributed by atoms with Crippen molar-refractivity contribution in [1.29, 1.82) is 0 Å². The lowest BCUT2D eigenvalue weighted by Gasteiger charge is -2.24. The Morgan fingerprint density at radius 3 is 2.45 bits per heavy atom. The topological polar surface area (TPSA) is 89.0 Å². The van der Waals surface area contributed by atoms with Gasteiger partial charge in [-0.3, -0.25) is 14.6 Å². The third kappa shape index (κ3) is 4.78. The number of rotatable bonds is 8. The zero-order chi connectivity index (χ0) is 23.2. The molecule has 0 aliphatic carbocycles. The van der Waals surface area contributed by atoms with E-state index in [0.717, 1.165) is 5.56 Å². The Morgan fingerprint density at radius 2 is 1.79 bits per heavy atom. The van der Waals surface area contributed by atoms with Crippen molar-refractivity contribution >= 4 is 17.4 Å². The van der Waals surface area contributed by atoms with Crippen LogP contribution in [0.25, 0.3) is 5.76 Å².